The van der Waals surface area contributed by atoms with E-state index in [9.17, 15) is 0 Å². The molecule has 3 rings (SSSR count). The Morgan fingerprint density at radius 2 is 2.08 bits per heavy atom. The Morgan fingerprint density at radius 3 is 2.92 bits per heavy atom. The minimum absolute atomic E-state index is 0.573. The Bertz CT molecular complexity index is 716. The highest BCUT2D eigenvalue weighted by Gasteiger charge is 2.24. The van der Waals surface area contributed by atoms with Crippen molar-refractivity contribution in [3.63, 3.8) is 0 Å². The number of benzene rings is 1. The first-order valence-corrected chi connectivity index (χ1v) is 8.87. The van der Waals surface area contributed by atoms with Crippen molar-refractivity contribution < 1.29 is 0 Å². The maximum absolute atomic E-state index is 5.34. The summed E-state index contributed by atoms with van der Waals surface area (Å²) in [6, 6.07) is 15.1. The molecule has 1 aliphatic heterocycles. The van der Waals surface area contributed by atoms with Crippen LogP contribution in [0.1, 0.15) is 24.6 Å². The molecule has 2 aromatic rings. The van der Waals surface area contributed by atoms with Crippen molar-refractivity contribution >= 4 is 28.8 Å². The zero-order chi connectivity index (χ0) is 16.9. The fraction of sp³-hybridized carbons (Fsp3) is 0.368. The number of fused-ring (bicyclic) bond motifs is 1. The second-order valence-electron chi connectivity index (χ2n) is 6.27. The standard InChI is InChI=1S/C19H24N4S/c1-14-7-5-10-18(21-14)22-19(24)20-11-6-12-23-15(2)13-16-8-3-4-9-17(16)23/h3-5,7-10,15H,6,11-13H2,1-2H3,(H2,20,21,22,24)/t15-/m1/s1. The quantitative estimate of drug-likeness (QED) is 0.644. The Labute approximate surface area is 149 Å². The van der Waals surface area contributed by atoms with Crippen molar-refractivity contribution in [2.75, 3.05) is 23.3 Å². The molecule has 2 heterocycles. The van der Waals surface area contributed by atoms with Gasteiger partial charge in [0.05, 0.1) is 0 Å². The van der Waals surface area contributed by atoms with Crippen LogP contribution in [0.25, 0.3) is 0 Å². The number of hydrogen-bond donors (Lipinski definition) is 2. The highest BCUT2D eigenvalue weighted by atomic mass is 32.1. The third-order valence-corrected chi connectivity index (χ3v) is 4.59. The predicted octanol–water partition coefficient (Wildman–Crippen LogP) is 3.52. The maximum Gasteiger partial charge on any atom is 0.171 e. The zero-order valence-electron chi connectivity index (χ0n) is 14.2. The lowest BCUT2D eigenvalue weighted by atomic mass is 10.1. The van der Waals surface area contributed by atoms with Gasteiger partial charge >= 0.3 is 0 Å². The van der Waals surface area contributed by atoms with Crippen LogP contribution in [0.3, 0.4) is 0 Å². The molecule has 0 aliphatic carbocycles. The number of anilines is 2. The highest BCUT2D eigenvalue weighted by molar-refractivity contribution is 7.80. The second-order valence-corrected chi connectivity index (χ2v) is 6.68. The molecule has 0 saturated heterocycles. The Morgan fingerprint density at radius 1 is 1.25 bits per heavy atom. The lowest BCUT2D eigenvalue weighted by molar-refractivity contribution is 0.641. The van der Waals surface area contributed by atoms with Crippen LogP contribution in [0.4, 0.5) is 11.5 Å². The summed E-state index contributed by atoms with van der Waals surface area (Å²) in [5, 5.41) is 7.03. The zero-order valence-corrected chi connectivity index (χ0v) is 15.1. The third-order valence-electron chi connectivity index (χ3n) is 4.34. The van der Waals surface area contributed by atoms with Crippen LogP contribution >= 0.6 is 12.2 Å². The van der Waals surface area contributed by atoms with Crippen LogP contribution in [0.2, 0.25) is 0 Å². The summed E-state index contributed by atoms with van der Waals surface area (Å²) in [6.45, 7) is 6.15. The first-order chi connectivity index (χ1) is 11.6. The largest absolute Gasteiger partial charge is 0.368 e. The van der Waals surface area contributed by atoms with Crippen molar-refractivity contribution in [3.05, 3.63) is 53.7 Å². The molecular formula is C19H24N4S. The van der Waals surface area contributed by atoms with Crippen LogP contribution in [0.5, 0.6) is 0 Å². The van der Waals surface area contributed by atoms with E-state index in [0.29, 0.717) is 11.2 Å². The van der Waals surface area contributed by atoms with E-state index in [-0.39, 0.29) is 0 Å². The number of thiocarbonyl (C=S) groups is 1. The third kappa shape index (κ3) is 4.03. The number of aromatic nitrogens is 1. The molecule has 1 atom stereocenters. The number of pyridine rings is 1. The lowest BCUT2D eigenvalue weighted by Gasteiger charge is -2.25. The van der Waals surface area contributed by atoms with Gasteiger partial charge < -0.3 is 15.5 Å². The van der Waals surface area contributed by atoms with Crippen LogP contribution < -0.4 is 15.5 Å². The molecule has 1 aromatic heterocycles. The van der Waals surface area contributed by atoms with Gasteiger partial charge in [-0.3, -0.25) is 0 Å². The Balaban J connectivity index is 1.43. The molecule has 0 bridgehead atoms. The van der Waals surface area contributed by atoms with Gasteiger partial charge in [0.25, 0.3) is 0 Å². The number of para-hydroxylation sites is 1. The molecule has 0 radical (unpaired) electrons. The number of aryl methyl sites for hydroxylation is 1. The molecule has 0 spiro atoms. The summed E-state index contributed by atoms with van der Waals surface area (Å²) < 4.78 is 0. The average molecular weight is 340 g/mol. The fourth-order valence-corrected chi connectivity index (χ4v) is 3.40. The molecule has 0 saturated carbocycles. The predicted molar refractivity (Wildman–Crippen MR) is 105 cm³/mol. The van der Waals surface area contributed by atoms with Gasteiger partial charge in [-0.25, -0.2) is 4.98 Å². The van der Waals surface area contributed by atoms with Crippen LogP contribution in [-0.2, 0) is 6.42 Å². The van der Waals surface area contributed by atoms with E-state index < -0.39 is 0 Å². The summed E-state index contributed by atoms with van der Waals surface area (Å²) >= 11 is 5.34. The Hall–Kier alpha value is -2.14. The minimum Gasteiger partial charge on any atom is -0.368 e. The lowest BCUT2D eigenvalue weighted by Crippen LogP contribution is -2.34. The monoisotopic (exact) mass is 340 g/mol. The van der Waals surface area contributed by atoms with Crippen molar-refractivity contribution in [2.45, 2.75) is 32.7 Å². The van der Waals surface area contributed by atoms with Gasteiger partial charge in [0.1, 0.15) is 5.82 Å². The molecular weight excluding hydrogens is 316 g/mol. The van der Waals surface area contributed by atoms with Crippen molar-refractivity contribution in [1.29, 1.82) is 0 Å². The molecule has 2 N–H and O–H groups in total. The Kier molecular flexibility index (Phi) is 5.30. The summed E-state index contributed by atoms with van der Waals surface area (Å²) in [5.74, 6) is 0.787. The van der Waals surface area contributed by atoms with E-state index in [1.165, 1.54) is 11.3 Å². The number of nitrogens with one attached hydrogen (secondary N) is 2. The summed E-state index contributed by atoms with van der Waals surface area (Å²) in [5.41, 5.74) is 3.82. The maximum atomic E-state index is 5.34. The molecule has 0 amide bonds. The van der Waals surface area contributed by atoms with E-state index in [2.05, 4.69) is 51.7 Å². The van der Waals surface area contributed by atoms with Gasteiger partial charge in [0.2, 0.25) is 0 Å². The molecule has 1 aromatic carbocycles. The molecule has 0 fully saturated rings. The van der Waals surface area contributed by atoms with Gasteiger partial charge in [0, 0.05) is 30.5 Å². The highest BCUT2D eigenvalue weighted by Crippen LogP contribution is 2.31. The van der Waals surface area contributed by atoms with Crippen LogP contribution in [-0.4, -0.2) is 29.2 Å². The van der Waals surface area contributed by atoms with Gasteiger partial charge in [-0.1, -0.05) is 24.3 Å². The number of rotatable bonds is 5. The first kappa shape index (κ1) is 16.7. The molecule has 5 heteroatoms. The van der Waals surface area contributed by atoms with Crippen molar-refractivity contribution in [3.8, 4) is 0 Å². The summed E-state index contributed by atoms with van der Waals surface area (Å²) in [6.07, 6.45) is 2.18. The van der Waals surface area contributed by atoms with E-state index in [1.807, 2.05) is 25.1 Å². The minimum atomic E-state index is 0.573. The van der Waals surface area contributed by atoms with E-state index in [0.717, 1.165) is 37.4 Å². The average Bonchev–Trinajstić information content (AvgIpc) is 2.87. The fourth-order valence-electron chi connectivity index (χ4n) is 3.19. The summed E-state index contributed by atoms with van der Waals surface area (Å²) in [4.78, 5) is 6.89. The number of hydrogen-bond acceptors (Lipinski definition) is 3. The smallest absolute Gasteiger partial charge is 0.171 e. The van der Waals surface area contributed by atoms with E-state index >= 15 is 0 Å². The van der Waals surface area contributed by atoms with E-state index in [1.54, 1.807) is 0 Å². The first-order valence-electron chi connectivity index (χ1n) is 8.46. The molecule has 126 valence electrons. The van der Waals surface area contributed by atoms with Crippen LogP contribution in [0.15, 0.2) is 42.5 Å². The SMILES string of the molecule is Cc1cccc(NC(=S)NCCCN2c3ccccc3C[C@H]2C)n1. The van der Waals surface area contributed by atoms with Crippen molar-refractivity contribution in [1.82, 2.24) is 10.3 Å². The molecule has 24 heavy (non-hydrogen) atoms. The molecule has 4 nitrogen and oxygen atoms in total. The van der Waals surface area contributed by atoms with Gasteiger partial charge in [-0.15, -0.1) is 0 Å². The molecule has 1 aliphatic rings. The summed E-state index contributed by atoms with van der Waals surface area (Å²) in [7, 11) is 0. The van der Waals surface area contributed by atoms with Crippen molar-refractivity contribution in [2.24, 2.45) is 0 Å². The van der Waals surface area contributed by atoms with Gasteiger partial charge in [-0.05, 0) is 62.7 Å². The number of nitrogens with zero attached hydrogens (tertiary/aromatic N) is 2. The normalized spacial score (nSPS) is 15.9. The van der Waals surface area contributed by atoms with Gasteiger partial charge in [-0.2, -0.15) is 0 Å². The van der Waals surface area contributed by atoms with E-state index in [4.69, 9.17) is 12.2 Å². The topological polar surface area (TPSA) is 40.2 Å². The van der Waals surface area contributed by atoms with Gasteiger partial charge in [0.15, 0.2) is 5.11 Å². The van der Waals surface area contributed by atoms with Crippen LogP contribution in [0, 0.1) is 6.92 Å². The second kappa shape index (κ2) is 7.62. The molecule has 0 unspecified atom stereocenters.